The van der Waals surface area contributed by atoms with E-state index >= 15 is 0 Å². The molecule has 1 aromatic carbocycles. The lowest BCUT2D eigenvalue weighted by atomic mass is 10.2. The minimum Gasteiger partial charge on any atom is -0.379 e. The van der Waals surface area contributed by atoms with Crippen LogP contribution >= 0.6 is 0 Å². The van der Waals surface area contributed by atoms with Crippen LogP contribution in [0.3, 0.4) is 0 Å². The number of amides is 2. The van der Waals surface area contributed by atoms with Crippen molar-refractivity contribution in [2.75, 3.05) is 43.5 Å². The maximum Gasteiger partial charge on any atom is 0.320 e. The molecule has 0 atom stereocenters. The minimum atomic E-state index is -0.302. The number of carbonyl (C=O) groups is 1. The van der Waals surface area contributed by atoms with Crippen LogP contribution in [0, 0.1) is 0 Å². The van der Waals surface area contributed by atoms with Crippen molar-refractivity contribution in [2.45, 2.75) is 13.5 Å². The highest BCUT2D eigenvalue weighted by molar-refractivity contribution is 5.89. The van der Waals surface area contributed by atoms with E-state index in [1.165, 1.54) is 5.56 Å². The van der Waals surface area contributed by atoms with Crippen LogP contribution < -0.4 is 16.0 Å². The van der Waals surface area contributed by atoms with Gasteiger partial charge in [-0.1, -0.05) is 12.1 Å². The largest absolute Gasteiger partial charge is 0.379 e. The Morgan fingerprint density at radius 2 is 1.83 bits per heavy atom. The Morgan fingerprint density at radius 3 is 2.60 bits per heavy atom. The third-order valence-electron chi connectivity index (χ3n) is 4.72. The second-order valence-corrected chi connectivity index (χ2v) is 6.99. The molecule has 156 valence electrons. The molecule has 3 aromatic rings. The average molecular weight is 407 g/mol. The molecule has 1 fully saturated rings. The summed E-state index contributed by atoms with van der Waals surface area (Å²) in [7, 11) is 0. The molecule has 0 bridgehead atoms. The van der Waals surface area contributed by atoms with Gasteiger partial charge in [-0.15, -0.1) is 0 Å². The quantitative estimate of drug-likeness (QED) is 0.577. The van der Waals surface area contributed by atoms with Gasteiger partial charge in [0.1, 0.15) is 11.3 Å². The Labute approximate surface area is 174 Å². The SMILES string of the molecule is CCNC(=O)Nc1ccc2ncc(Nc3ccc(CN4CCOCC4)cc3)nc2n1. The summed E-state index contributed by atoms with van der Waals surface area (Å²) in [6.07, 6.45) is 1.67. The number of ether oxygens (including phenoxy) is 1. The van der Waals surface area contributed by atoms with E-state index in [0.29, 0.717) is 29.3 Å². The Morgan fingerprint density at radius 1 is 1.07 bits per heavy atom. The second kappa shape index (κ2) is 9.47. The monoisotopic (exact) mass is 407 g/mol. The molecule has 30 heavy (non-hydrogen) atoms. The number of fused-ring (bicyclic) bond motifs is 1. The van der Waals surface area contributed by atoms with E-state index in [2.05, 4.69) is 47.9 Å². The molecular weight excluding hydrogens is 382 g/mol. The predicted molar refractivity (Wildman–Crippen MR) is 116 cm³/mol. The van der Waals surface area contributed by atoms with Crippen molar-refractivity contribution in [1.29, 1.82) is 0 Å². The molecule has 2 amide bonds. The van der Waals surface area contributed by atoms with Crippen LogP contribution in [-0.2, 0) is 11.3 Å². The van der Waals surface area contributed by atoms with Crippen LogP contribution in [0.1, 0.15) is 12.5 Å². The number of carbonyl (C=O) groups excluding carboxylic acids is 1. The van der Waals surface area contributed by atoms with Gasteiger partial charge in [-0.3, -0.25) is 10.2 Å². The van der Waals surface area contributed by atoms with E-state index in [-0.39, 0.29) is 6.03 Å². The summed E-state index contributed by atoms with van der Waals surface area (Å²) in [5.74, 6) is 1.01. The van der Waals surface area contributed by atoms with Gasteiger partial charge < -0.3 is 15.4 Å². The Bertz CT molecular complexity index is 1000. The van der Waals surface area contributed by atoms with Crippen molar-refractivity contribution in [3.05, 3.63) is 48.2 Å². The zero-order valence-electron chi connectivity index (χ0n) is 16.9. The first-order chi connectivity index (χ1) is 14.7. The molecule has 1 aliphatic rings. The fourth-order valence-electron chi connectivity index (χ4n) is 3.21. The molecule has 9 nitrogen and oxygen atoms in total. The number of pyridine rings is 1. The summed E-state index contributed by atoms with van der Waals surface area (Å²) >= 11 is 0. The van der Waals surface area contributed by atoms with Crippen LogP contribution in [0.2, 0.25) is 0 Å². The van der Waals surface area contributed by atoms with Gasteiger partial charge in [0.25, 0.3) is 0 Å². The lowest BCUT2D eigenvalue weighted by Gasteiger charge is -2.26. The predicted octanol–water partition coefficient (Wildman–Crippen LogP) is 2.74. The number of morpholine rings is 1. The van der Waals surface area contributed by atoms with Crippen molar-refractivity contribution < 1.29 is 9.53 Å². The summed E-state index contributed by atoms with van der Waals surface area (Å²) in [5, 5.41) is 8.61. The van der Waals surface area contributed by atoms with Gasteiger partial charge in [-0.2, -0.15) is 0 Å². The van der Waals surface area contributed by atoms with Crippen LogP contribution in [0.15, 0.2) is 42.6 Å². The third-order valence-corrected chi connectivity index (χ3v) is 4.72. The summed E-state index contributed by atoms with van der Waals surface area (Å²) < 4.78 is 5.40. The Balaban J connectivity index is 1.43. The number of nitrogens with zero attached hydrogens (tertiary/aromatic N) is 4. The maximum atomic E-state index is 11.7. The summed E-state index contributed by atoms with van der Waals surface area (Å²) in [6.45, 7) is 6.85. The Hall–Kier alpha value is -3.30. The second-order valence-electron chi connectivity index (χ2n) is 6.99. The molecule has 1 saturated heterocycles. The number of rotatable bonds is 6. The van der Waals surface area contributed by atoms with Gasteiger partial charge in [-0.05, 0) is 36.8 Å². The van der Waals surface area contributed by atoms with Crippen molar-refractivity contribution in [2.24, 2.45) is 0 Å². The molecule has 0 radical (unpaired) electrons. The van der Waals surface area contributed by atoms with E-state index in [9.17, 15) is 4.79 Å². The molecule has 9 heteroatoms. The highest BCUT2D eigenvalue weighted by Crippen LogP contribution is 2.19. The highest BCUT2D eigenvalue weighted by Gasteiger charge is 2.11. The number of urea groups is 1. The highest BCUT2D eigenvalue weighted by atomic mass is 16.5. The number of nitrogens with one attached hydrogen (secondary N) is 3. The fourth-order valence-corrected chi connectivity index (χ4v) is 3.21. The van der Waals surface area contributed by atoms with E-state index in [4.69, 9.17) is 4.74 Å². The molecule has 0 aliphatic carbocycles. The normalized spacial score (nSPS) is 14.4. The topological polar surface area (TPSA) is 104 Å². The zero-order chi connectivity index (χ0) is 20.8. The van der Waals surface area contributed by atoms with Gasteiger partial charge in [0.15, 0.2) is 11.5 Å². The van der Waals surface area contributed by atoms with Crippen LogP contribution in [0.4, 0.5) is 22.1 Å². The fraction of sp³-hybridized carbons (Fsp3) is 0.333. The molecule has 3 heterocycles. The molecule has 1 aliphatic heterocycles. The molecule has 0 unspecified atom stereocenters. The number of benzene rings is 1. The van der Waals surface area contributed by atoms with Crippen molar-refractivity contribution in [3.8, 4) is 0 Å². The summed E-state index contributed by atoms with van der Waals surface area (Å²) in [5.41, 5.74) is 3.29. The van der Waals surface area contributed by atoms with Crippen LogP contribution in [-0.4, -0.2) is 58.7 Å². The number of anilines is 3. The molecule has 3 N–H and O–H groups in total. The smallest absolute Gasteiger partial charge is 0.320 e. The Kier molecular flexibility index (Phi) is 6.31. The van der Waals surface area contributed by atoms with E-state index < -0.39 is 0 Å². The molecule has 0 saturated carbocycles. The van der Waals surface area contributed by atoms with Gasteiger partial charge in [-0.25, -0.2) is 19.7 Å². The summed E-state index contributed by atoms with van der Waals surface area (Å²) in [6, 6.07) is 11.5. The molecule has 2 aromatic heterocycles. The number of hydrogen-bond acceptors (Lipinski definition) is 7. The first kappa shape index (κ1) is 20.0. The maximum absolute atomic E-state index is 11.7. The van der Waals surface area contributed by atoms with Crippen LogP contribution in [0.25, 0.3) is 11.2 Å². The van der Waals surface area contributed by atoms with Gasteiger partial charge in [0.2, 0.25) is 0 Å². The van der Waals surface area contributed by atoms with Crippen molar-refractivity contribution >= 4 is 34.5 Å². The van der Waals surface area contributed by atoms with E-state index in [1.807, 2.05) is 19.1 Å². The zero-order valence-corrected chi connectivity index (χ0v) is 16.9. The average Bonchev–Trinajstić information content (AvgIpc) is 2.76. The van der Waals surface area contributed by atoms with Crippen LogP contribution in [0.5, 0.6) is 0 Å². The first-order valence-corrected chi connectivity index (χ1v) is 10.0. The first-order valence-electron chi connectivity index (χ1n) is 10.0. The van der Waals surface area contributed by atoms with Gasteiger partial charge >= 0.3 is 6.03 Å². The minimum absolute atomic E-state index is 0.302. The van der Waals surface area contributed by atoms with Gasteiger partial charge in [0, 0.05) is 31.9 Å². The molecule has 4 rings (SSSR count). The number of aromatic nitrogens is 3. The third kappa shape index (κ3) is 5.19. The summed E-state index contributed by atoms with van der Waals surface area (Å²) in [4.78, 5) is 27.4. The molecular formula is C21H25N7O2. The van der Waals surface area contributed by atoms with E-state index in [1.54, 1.807) is 18.3 Å². The lowest BCUT2D eigenvalue weighted by Crippen LogP contribution is -2.35. The van der Waals surface area contributed by atoms with Gasteiger partial charge in [0.05, 0.1) is 19.4 Å². The number of hydrogen-bond donors (Lipinski definition) is 3. The van der Waals surface area contributed by atoms with E-state index in [0.717, 1.165) is 38.5 Å². The molecule has 0 spiro atoms. The van der Waals surface area contributed by atoms with Crippen molar-refractivity contribution in [3.63, 3.8) is 0 Å². The van der Waals surface area contributed by atoms with Crippen molar-refractivity contribution in [1.82, 2.24) is 25.2 Å². The lowest BCUT2D eigenvalue weighted by molar-refractivity contribution is 0.0342. The standard InChI is InChI=1S/C21H25N7O2/c1-2-22-21(29)27-18-8-7-17-20(25-18)26-19(13-23-17)24-16-5-3-15(4-6-16)14-28-9-11-30-12-10-28/h3-8,13H,2,9-12,14H2,1H3,(H3,22,24,25,26,27,29).